The quantitative estimate of drug-likeness (QED) is 0.515. The predicted octanol–water partition coefficient (Wildman–Crippen LogP) is 3.23. The SMILES string of the molecule is CC(C)CN(C(=O)COC(=O)c1ccccc1OCc1ccc(F)cc1)[C@@H]1CCS(=O)(=O)C1. The van der Waals surface area contributed by atoms with Gasteiger partial charge in [-0.3, -0.25) is 4.79 Å². The Hall–Kier alpha value is -2.94. The molecule has 0 N–H and O–H groups in total. The van der Waals surface area contributed by atoms with Gasteiger partial charge in [0.2, 0.25) is 0 Å². The third-order valence-corrected chi connectivity index (χ3v) is 7.02. The predicted molar refractivity (Wildman–Crippen MR) is 121 cm³/mol. The lowest BCUT2D eigenvalue weighted by Crippen LogP contribution is -2.45. The van der Waals surface area contributed by atoms with Crippen LogP contribution in [-0.4, -0.2) is 55.9 Å². The van der Waals surface area contributed by atoms with Crippen molar-refractivity contribution < 1.29 is 31.9 Å². The van der Waals surface area contributed by atoms with Crippen molar-refractivity contribution >= 4 is 21.7 Å². The molecule has 2 aromatic carbocycles. The maximum atomic E-state index is 13.1. The van der Waals surface area contributed by atoms with Crippen molar-refractivity contribution in [3.8, 4) is 5.75 Å². The highest BCUT2D eigenvalue weighted by molar-refractivity contribution is 7.91. The molecule has 7 nitrogen and oxygen atoms in total. The summed E-state index contributed by atoms with van der Waals surface area (Å²) in [7, 11) is -3.16. The molecular weight excluding hydrogens is 449 g/mol. The normalized spacial score (nSPS) is 17.0. The van der Waals surface area contributed by atoms with Crippen molar-refractivity contribution in [3.63, 3.8) is 0 Å². The van der Waals surface area contributed by atoms with E-state index in [1.54, 1.807) is 30.3 Å². The molecule has 9 heteroatoms. The Balaban J connectivity index is 1.63. The Morgan fingerprint density at radius 3 is 2.45 bits per heavy atom. The Bertz CT molecular complexity index is 1080. The molecule has 1 fully saturated rings. The summed E-state index contributed by atoms with van der Waals surface area (Å²) < 4.78 is 47.8. The van der Waals surface area contributed by atoms with Gasteiger partial charge in [0.1, 0.15) is 23.7 Å². The highest BCUT2D eigenvalue weighted by Gasteiger charge is 2.35. The summed E-state index contributed by atoms with van der Waals surface area (Å²) in [5, 5.41) is 0. The van der Waals surface area contributed by atoms with Crippen LogP contribution in [0.5, 0.6) is 5.75 Å². The topological polar surface area (TPSA) is 90.0 Å². The van der Waals surface area contributed by atoms with E-state index in [0.29, 0.717) is 13.0 Å². The molecule has 0 saturated carbocycles. The van der Waals surface area contributed by atoms with Gasteiger partial charge in [-0.1, -0.05) is 38.1 Å². The molecule has 1 saturated heterocycles. The van der Waals surface area contributed by atoms with Crippen LogP contribution in [0.4, 0.5) is 4.39 Å². The Morgan fingerprint density at radius 1 is 1.12 bits per heavy atom. The van der Waals surface area contributed by atoms with Crippen LogP contribution in [0.3, 0.4) is 0 Å². The zero-order valence-corrected chi connectivity index (χ0v) is 19.5. The second-order valence-corrected chi connectivity index (χ2v) is 10.7. The van der Waals surface area contributed by atoms with Gasteiger partial charge in [-0.15, -0.1) is 0 Å². The van der Waals surface area contributed by atoms with E-state index < -0.39 is 34.4 Å². The largest absolute Gasteiger partial charge is 0.488 e. The first-order valence-corrected chi connectivity index (χ1v) is 12.6. The van der Waals surface area contributed by atoms with Crippen molar-refractivity contribution in [2.75, 3.05) is 24.7 Å². The van der Waals surface area contributed by atoms with Crippen molar-refractivity contribution in [1.82, 2.24) is 4.90 Å². The molecule has 1 aliphatic heterocycles. The number of benzene rings is 2. The zero-order valence-electron chi connectivity index (χ0n) is 18.7. The first-order chi connectivity index (χ1) is 15.6. The lowest BCUT2D eigenvalue weighted by atomic mass is 10.1. The number of carbonyl (C=O) groups is 2. The van der Waals surface area contributed by atoms with E-state index in [9.17, 15) is 22.4 Å². The minimum absolute atomic E-state index is 0.0537. The molecule has 0 bridgehead atoms. The minimum Gasteiger partial charge on any atom is -0.488 e. The molecule has 0 radical (unpaired) electrons. The molecule has 3 rings (SSSR count). The van der Waals surface area contributed by atoms with Crippen molar-refractivity contribution in [2.24, 2.45) is 5.92 Å². The molecule has 0 spiro atoms. The third kappa shape index (κ3) is 7.02. The van der Waals surface area contributed by atoms with Gasteiger partial charge >= 0.3 is 5.97 Å². The van der Waals surface area contributed by atoms with Gasteiger partial charge in [-0.2, -0.15) is 0 Å². The third-order valence-electron chi connectivity index (χ3n) is 5.27. The van der Waals surface area contributed by atoms with E-state index >= 15 is 0 Å². The highest BCUT2D eigenvalue weighted by atomic mass is 32.2. The summed E-state index contributed by atoms with van der Waals surface area (Å²) in [6.45, 7) is 3.89. The van der Waals surface area contributed by atoms with Crippen LogP contribution in [0, 0.1) is 11.7 Å². The molecule has 1 heterocycles. The fourth-order valence-corrected chi connectivity index (χ4v) is 5.39. The molecule has 1 aliphatic rings. The van der Waals surface area contributed by atoms with Gasteiger partial charge < -0.3 is 14.4 Å². The van der Waals surface area contributed by atoms with Gasteiger partial charge in [-0.05, 0) is 42.2 Å². The van der Waals surface area contributed by atoms with Crippen molar-refractivity contribution in [2.45, 2.75) is 32.9 Å². The summed E-state index contributed by atoms with van der Waals surface area (Å²) in [4.78, 5) is 27.0. The number of amides is 1. The van der Waals surface area contributed by atoms with Crippen LogP contribution in [-0.2, 0) is 26.0 Å². The maximum Gasteiger partial charge on any atom is 0.342 e. The Morgan fingerprint density at radius 2 is 1.82 bits per heavy atom. The summed E-state index contributed by atoms with van der Waals surface area (Å²) in [6, 6.07) is 11.9. The van der Waals surface area contributed by atoms with E-state index in [-0.39, 0.29) is 41.2 Å². The van der Waals surface area contributed by atoms with Crippen LogP contribution in [0.25, 0.3) is 0 Å². The van der Waals surface area contributed by atoms with Crippen molar-refractivity contribution in [1.29, 1.82) is 0 Å². The van der Waals surface area contributed by atoms with Crippen LogP contribution >= 0.6 is 0 Å². The number of carbonyl (C=O) groups excluding carboxylic acids is 2. The number of halogens is 1. The first kappa shape index (κ1) is 24.7. The van der Waals surface area contributed by atoms with Crippen LogP contribution in [0.1, 0.15) is 36.2 Å². The van der Waals surface area contributed by atoms with E-state index in [4.69, 9.17) is 9.47 Å². The molecule has 1 atom stereocenters. The number of sulfone groups is 1. The standard InChI is InChI=1S/C24H28FNO6S/c1-17(2)13-26(20-11-12-33(29,30)16-20)23(27)15-32-24(28)21-5-3-4-6-22(21)31-14-18-7-9-19(25)10-8-18/h3-10,17,20H,11-16H2,1-2H3/t20-/m1/s1. The number of nitrogens with zero attached hydrogens (tertiary/aromatic N) is 1. The average molecular weight is 478 g/mol. The highest BCUT2D eigenvalue weighted by Crippen LogP contribution is 2.22. The zero-order chi connectivity index (χ0) is 24.0. The first-order valence-electron chi connectivity index (χ1n) is 10.8. The van der Waals surface area contributed by atoms with Gasteiger partial charge in [0.15, 0.2) is 16.4 Å². The number of para-hydroxylation sites is 1. The average Bonchev–Trinajstić information content (AvgIpc) is 3.14. The molecule has 2 aromatic rings. The lowest BCUT2D eigenvalue weighted by Gasteiger charge is -2.29. The van der Waals surface area contributed by atoms with Gasteiger partial charge in [0.25, 0.3) is 5.91 Å². The molecular formula is C24H28FNO6S. The number of esters is 1. The molecule has 0 aliphatic carbocycles. The fourth-order valence-electron chi connectivity index (χ4n) is 3.66. The van der Waals surface area contributed by atoms with Crippen LogP contribution in [0.2, 0.25) is 0 Å². The molecule has 0 aromatic heterocycles. The second kappa shape index (κ2) is 10.8. The van der Waals surface area contributed by atoms with Gasteiger partial charge in [0, 0.05) is 12.6 Å². The fraction of sp³-hybridized carbons (Fsp3) is 0.417. The number of hydrogen-bond acceptors (Lipinski definition) is 6. The minimum atomic E-state index is -3.16. The Labute approximate surface area is 193 Å². The number of hydrogen-bond donors (Lipinski definition) is 0. The molecule has 178 valence electrons. The lowest BCUT2D eigenvalue weighted by molar-refractivity contribution is -0.137. The molecule has 33 heavy (non-hydrogen) atoms. The molecule has 0 unspecified atom stereocenters. The summed E-state index contributed by atoms with van der Waals surface area (Å²) in [5.41, 5.74) is 0.886. The van der Waals surface area contributed by atoms with Gasteiger partial charge in [-0.25, -0.2) is 17.6 Å². The van der Waals surface area contributed by atoms with E-state index in [0.717, 1.165) is 5.56 Å². The van der Waals surface area contributed by atoms with E-state index in [1.807, 2.05) is 13.8 Å². The number of rotatable bonds is 9. The van der Waals surface area contributed by atoms with E-state index in [1.165, 1.54) is 23.1 Å². The van der Waals surface area contributed by atoms with Crippen molar-refractivity contribution in [3.05, 3.63) is 65.5 Å². The second-order valence-electron chi connectivity index (χ2n) is 8.48. The van der Waals surface area contributed by atoms with Crippen LogP contribution in [0.15, 0.2) is 48.5 Å². The summed E-state index contributed by atoms with van der Waals surface area (Å²) in [6.07, 6.45) is 0.384. The van der Waals surface area contributed by atoms with Gasteiger partial charge in [0.05, 0.1) is 11.5 Å². The number of ether oxygens (including phenoxy) is 2. The Kier molecular flexibility index (Phi) is 8.07. The molecule has 1 amide bonds. The monoisotopic (exact) mass is 477 g/mol. The smallest absolute Gasteiger partial charge is 0.342 e. The van der Waals surface area contributed by atoms with E-state index in [2.05, 4.69) is 0 Å². The maximum absolute atomic E-state index is 13.1. The van der Waals surface area contributed by atoms with Crippen LogP contribution < -0.4 is 4.74 Å². The summed E-state index contributed by atoms with van der Waals surface area (Å²) in [5.74, 6) is -1.11. The summed E-state index contributed by atoms with van der Waals surface area (Å²) >= 11 is 0.